The van der Waals surface area contributed by atoms with Gasteiger partial charge in [-0.15, -0.1) is 0 Å². The summed E-state index contributed by atoms with van der Waals surface area (Å²) in [5, 5.41) is 0.952. The molecular weight excluding hydrogens is 244 g/mol. The summed E-state index contributed by atoms with van der Waals surface area (Å²) in [4.78, 5) is 0. The number of hydrogen-bond donors (Lipinski definition) is 0. The minimum atomic E-state index is 0.778. The Kier molecular flexibility index (Phi) is 6.66. The molecule has 1 fully saturated rings. The first-order valence-electron chi connectivity index (χ1n) is 4.69. The molecule has 0 atom stereocenters. The van der Waals surface area contributed by atoms with Crippen LogP contribution in [0, 0.1) is 0 Å². The number of ether oxygens (including phenoxy) is 2. The Balaban J connectivity index is 0.000000146. The molecule has 0 spiro atoms. The maximum Gasteiger partial charge on any atom is 0.0701 e. The molecule has 0 aromatic heterocycles. The van der Waals surface area contributed by atoms with Crippen molar-refractivity contribution in [3.8, 4) is 0 Å². The molecule has 2 rings (SSSR count). The van der Waals surface area contributed by atoms with Crippen LogP contribution in [-0.4, -0.2) is 26.4 Å². The van der Waals surface area contributed by atoms with Gasteiger partial charge in [-0.25, -0.2) is 0 Å². The lowest BCUT2D eigenvalue weighted by atomic mass is 10.2. The predicted octanol–water partition coefficient (Wildman–Crippen LogP) is 2.61. The van der Waals surface area contributed by atoms with Crippen LogP contribution in [0.4, 0.5) is 0 Å². The molecule has 0 bridgehead atoms. The molecule has 1 aliphatic heterocycles. The highest BCUT2D eigenvalue weighted by molar-refractivity contribution is 9.08. The molecule has 0 aliphatic carbocycles. The molecule has 1 aliphatic rings. The molecular formula is C11H15BrO2. The molecule has 0 radical (unpaired) electrons. The SMILES string of the molecule is BrCc1ccccc1.C1COCCO1. The van der Waals surface area contributed by atoms with E-state index in [9.17, 15) is 0 Å². The molecule has 14 heavy (non-hydrogen) atoms. The van der Waals surface area contributed by atoms with Crippen LogP contribution in [0.3, 0.4) is 0 Å². The van der Waals surface area contributed by atoms with E-state index < -0.39 is 0 Å². The van der Waals surface area contributed by atoms with E-state index in [1.165, 1.54) is 5.56 Å². The third-order valence-electron chi connectivity index (χ3n) is 1.74. The molecule has 1 heterocycles. The van der Waals surface area contributed by atoms with Crippen molar-refractivity contribution in [3.63, 3.8) is 0 Å². The summed E-state index contributed by atoms with van der Waals surface area (Å²) in [7, 11) is 0. The van der Waals surface area contributed by atoms with Crippen molar-refractivity contribution in [2.75, 3.05) is 26.4 Å². The van der Waals surface area contributed by atoms with Crippen molar-refractivity contribution >= 4 is 15.9 Å². The monoisotopic (exact) mass is 258 g/mol. The summed E-state index contributed by atoms with van der Waals surface area (Å²) in [5.74, 6) is 0. The fourth-order valence-corrected chi connectivity index (χ4v) is 1.38. The average Bonchev–Trinajstić information content (AvgIpc) is 2.33. The van der Waals surface area contributed by atoms with Crippen molar-refractivity contribution < 1.29 is 9.47 Å². The summed E-state index contributed by atoms with van der Waals surface area (Å²) < 4.78 is 9.89. The Hall–Kier alpha value is -0.380. The largest absolute Gasteiger partial charge is 0.377 e. The van der Waals surface area contributed by atoms with E-state index in [4.69, 9.17) is 9.47 Å². The molecule has 78 valence electrons. The molecule has 3 heteroatoms. The van der Waals surface area contributed by atoms with E-state index >= 15 is 0 Å². The quantitative estimate of drug-likeness (QED) is 0.722. The van der Waals surface area contributed by atoms with Gasteiger partial charge in [-0.05, 0) is 5.56 Å². The highest BCUT2D eigenvalue weighted by atomic mass is 79.9. The van der Waals surface area contributed by atoms with Crippen LogP contribution >= 0.6 is 15.9 Å². The first-order valence-corrected chi connectivity index (χ1v) is 5.81. The Bertz CT molecular complexity index is 210. The highest BCUT2D eigenvalue weighted by Gasteiger charge is 1.94. The van der Waals surface area contributed by atoms with Gasteiger partial charge in [-0.1, -0.05) is 46.3 Å². The smallest absolute Gasteiger partial charge is 0.0701 e. The van der Waals surface area contributed by atoms with Gasteiger partial charge < -0.3 is 9.47 Å². The Morgan fingerprint density at radius 2 is 1.43 bits per heavy atom. The number of benzene rings is 1. The average molecular weight is 259 g/mol. The number of halogens is 1. The summed E-state index contributed by atoms with van der Waals surface area (Å²) in [6.45, 7) is 3.11. The van der Waals surface area contributed by atoms with Gasteiger partial charge in [0.1, 0.15) is 0 Å². The second-order valence-corrected chi connectivity index (χ2v) is 3.40. The van der Waals surface area contributed by atoms with Gasteiger partial charge in [-0.2, -0.15) is 0 Å². The predicted molar refractivity (Wildman–Crippen MR) is 60.7 cm³/mol. The molecule has 1 aromatic carbocycles. The van der Waals surface area contributed by atoms with Crippen LogP contribution < -0.4 is 0 Å². The van der Waals surface area contributed by atoms with Gasteiger partial charge in [0.15, 0.2) is 0 Å². The van der Waals surface area contributed by atoms with Gasteiger partial charge in [0, 0.05) is 5.33 Å². The van der Waals surface area contributed by atoms with E-state index in [1.54, 1.807) is 0 Å². The van der Waals surface area contributed by atoms with Gasteiger partial charge in [0.25, 0.3) is 0 Å². The van der Waals surface area contributed by atoms with Crippen LogP contribution in [0.25, 0.3) is 0 Å². The topological polar surface area (TPSA) is 18.5 Å². The van der Waals surface area contributed by atoms with Crippen LogP contribution in [0.5, 0.6) is 0 Å². The molecule has 1 saturated heterocycles. The first-order chi connectivity index (χ1) is 6.93. The van der Waals surface area contributed by atoms with Crippen LogP contribution in [0.15, 0.2) is 30.3 Å². The summed E-state index contributed by atoms with van der Waals surface area (Å²) in [6, 6.07) is 10.3. The van der Waals surface area contributed by atoms with Crippen molar-refractivity contribution in [1.29, 1.82) is 0 Å². The van der Waals surface area contributed by atoms with E-state index in [1.807, 2.05) is 18.2 Å². The van der Waals surface area contributed by atoms with Gasteiger partial charge >= 0.3 is 0 Å². The second kappa shape index (κ2) is 7.97. The molecule has 2 nitrogen and oxygen atoms in total. The van der Waals surface area contributed by atoms with Crippen molar-refractivity contribution in [3.05, 3.63) is 35.9 Å². The van der Waals surface area contributed by atoms with Gasteiger partial charge in [0.05, 0.1) is 26.4 Å². The van der Waals surface area contributed by atoms with Crippen LogP contribution in [-0.2, 0) is 14.8 Å². The standard InChI is InChI=1S/C7H7Br.C4H8O2/c8-6-7-4-2-1-3-5-7;1-2-6-4-3-5-1/h1-5H,6H2;1-4H2. The van der Waals surface area contributed by atoms with E-state index in [0.29, 0.717) is 0 Å². The minimum absolute atomic E-state index is 0.778. The Morgan fingerprint density at radius 1 is 0.929 bits per heavy atom. The highest BCUT2D eigenvalue weighted by Crippen LogP contribution is 2.02. The minimum Gasteiger partial charge on any atom is -0.377 e. The first kappa shape index (κ1) is 11.7. The normalized spacial score (nSPS) is 15.5. The maximum atomic E-state index is 4.94. The van der Waals surface area contributed by atoms with E-state index in [2.05, 4.69) is 28.1 Å². The fourth-order valence-electron chi connectivity index (χ4n) is 1.01. The Morgan fingerprint density at radius 3 is 1.71 bits per heavy atom. The number of rotatable bonds is 1. The zero-order chi connectivity index (χ0) is 10.1. The third kappa shape index (κ3) is 5.37. The van der Waals surface area contributed by atoms with E-state index in [-0.39, 0.29) is 0 Å². The summed E-state index contributed by atoms with van der Waals surface area (Å²) in [6.07, 6.45) is 0. The number of alkyl halides is 1. The van der Waals surface area contributed by atoms with Crippen molar-refractivity contribution in [1.82, 2.24) is 0 Å². The fraction of sp³-hybridized carbons (Fsp3) is 0.455. The molecule has 0 saturated carbocycles. The van der Waals surface area contributed by atoms with Crippen molar-refractivity contribution in [2.45, 2.75) is 5.33 Å². The Labute approximate surface area is 93.4 Å². The third-order valence-corrected chi connectivity index (χ3v) is 2.39. The summed E-state index contributed by atoms with van der Waals surface area (Å²) >= 11 is 3.36. The molecule has 0 N–H and O–H groups in total. The maximum absolute atomic E-state index is 4.94. The summed E-state index contributed by atoms with van der Waals surface area (Å²) in [5.41, 5.74) is 1.33. The van der Waals surface area contributed by atoms with Crippen LogP contribution in [0.1, 0.15) is 5.56 Å². The lowest BCUT2D eigenvalue weighted by molar-refractivity contribution is -0.0334. The van der Waals surface area contributed by atoms with Gasteiger partial charge in [0.2, 0.25) is 0 Å². The molecule has 0 amide bonds. The number of hydrogen-bond acceptors (Lipinski definition) is 2. The van der Waals surface area contributed by atoms with E-state index in [0.717, 1.165) is 31.8 Å². The van der Waals surface area contributed by atoms with Crippen molar-refractivity contribution in [2.24, 2.45) is 0 Å². The lowest BCUT2D eigenvalue weighted by Gasteiger charge is -2.09. The zero-order valence-corrected chi connectivity index (χ0v) is 9.70. The van der Waals surface area contributed by atoms with Crippen LogP contribution in [0.2, 0.25) is 0 Å². The lowest BCUT2D eigenvalue weighted by Crippen LogP contribution is -2.16. The second-order valence-electron chi connectivity index (χ2n) is 2.84. The molecule has 1 aromatic rings. The zero-order valence-electron chi connectivity index (χ0n) is 8.12. The molecule has 0 unspecified atom stereocenters. The van der Waals surface area contributed by atoms with Gasteiger partial charge in [-0.3, -0.25) is 0 Å².